The smallest absolute Gasteiger partial charge is 0.191 e. The van der Waals surface area contributed by atoms with Gasteiger partial charge in [-0.3, -0.25) is 4.99 Å². The molecule has 0 aliphatic rings. The Bertz CT molecular complexity index is 418. The summed E-state index contributed by atoms with van der Waals surface area (Å²) in [5, 5.41) is 6.71. The molecule has 22 heavy (non-hydrogen) atoms. The third-order valence-electron chi connectivity index (χ3n) is 3.49. The fourth-order valence-electron chi connectivity index (χ4n) is 2.12. The summed E-state index contributed by atoms with van der Waals surface area (Å²) in [5.74, 6) is 1.71. The van der Waals surface area contributed by atoms with E-state index in [0.29, 0.717) is 0 Å². The Hall–Kier alpha value is -0.370. The largest absolute Gasteiger partial charge is 0.356 e. The van der Waals surface area contributed by atoms with Crippen molar-refractivity contribution in [2.45, 2.75) is 59.4 Å². The molecule has 6 heteroatoms. The minimum atomic E-state index is 0. The minimum Gasteiger partial charge on any atom is -0.356 e. The second-order valence-electron chi connectivity index (χ2n) is 5.81. The van der Waals surface area contributed by atoms with Crippen LogP contribution in [0.4, 0.5) is 0 Å². The number of aryl methyl sites for hydroxylation is 1. The molecule has 128 valence electrons. The van der Waals surface area contributed by atoms with Crippen LogP contribution in [0.3, 0.4) is 0 Å². The summed E-state index contributed by atoms with van der Waals surface area (Å²) in [4.78, 5) is 9.78. The Morgan fingerprint density at radius 1 is 1.23 bits per heavy atom. The lowest BCUT2D eigenvalue weighted by Crippen LogP contribution is -2.37. The van der Waals surface area contributed by atoms with Crippen LogP contribution < -0.4 is 10.6 Å². The van der Waals surface area contributed by atoms with Gasteiger partial charge in [-0.15, -0.1) is 35.3 Å². The summed E-state index contributed by atoms with van der Waals surface area (Å²) in [6.45, 7) is 8.42. The molecule has 0 amide bonds. The number of thiazole rings is 1. The van der Waals surface area contributed by atoms with E-state index in [-0.39, 0.29) is 24.0 Å². The molecule has 1 rings (SSSR count). The van der Waals surface area contributed by atoms with Gasteiger partial charge in [0.15, 0.2) is 5.96 Å². The number of rotatable bonds is 9. The predicted molar refractivity (Wildman–Crippen MR) is 108 cm³/mol. The molecule has 0 saturated heterocycles. The molecular weight excluding hydrogens is 407 g/mol. The Morgan fingerprint density at radius 3 is 2.55 bits per heavy atom. The molecule has 0 radical (unpaired) electrons. The van der Waals surface area contributed by atoms with Gasteiger partial charge in [0.25, 0.3) is 0 Å². The Balaban J connectivity index is 0.00000441. The first-order valence-corrected chi connectivity index (χ1v) is 8.85. The number of nitrogens with zero attached hydrogens (tertiary/aromatic N) is 2. The highest BCUT2D eigenvalue weighted by molar-refractivity contribution is 14.0. The number of hydrogen-bond acceptors (Lipinski definition) is 3. The quantitative estimate of drug-likeness (QED) is 0.261. The van der Waals surface area contributed by atoms with Gasteiger partial charge >= 0.3 is 0 Å². The van der Waals surface area contributed by atoms with Gasteiger partial charge in [-0.1, -0.05) is 39.5 Å². The van der Waals surface area contributed by atoms with Crippen LogP contribution in [0, 0.1) is 12.8 Å². The lowest BCUT2D eigenvalue weighted by Gasteiger charge is -2.11. The molecule has 0 atom stereocenters. The van der Waals surface area contributed by atoms with Gasteiger partial charge in [0.05, 0.1) is 17.7 Å². The lowest BCUT2D eigenvalue weighted by atomic mass is 10.0. The number of halogens is 1. The molecule has 0 spiro atoms. The van der Waals surface area contributed by atoms with E-state index in [9.17, 15) is 0 Å². The topological polar surface area (TPSA) is 49.3 Å². The molecule has 0 aromatic carbocycles. The van der Waals surface area contributed by atoms with Crippen molar-refractivity contribution >= 4 is 41.3 Å². The van der Waals surface area contributed by atoms with E-state index in [2.05, 4.69) is 34.5 Å². The lowest BCUT2D eigenvalue weighted by molar-refractivity contribution is 0.518. The van der Waals surface area contributed by atoms with Crippen LogP contribution in [0.5, 0.6) is 0 Å². The molecule has 0 aliphatic heterocycles. The van der Waals surface area contributed by atoms with E-state index in [1.54, 1.807) is 11.3 Å². The normalized spacial score (nSPS) is 11.4. The fourth-order valence-corrected chi connectivity index (χ4v) is 2.84. The van der Waals surface area contributed by atoms with Gasteiger partial charge in [0.1, 0.15) is 0 Å². The summed E-state index contributed by atoms with van der Waals surface area (Å²) in [7, 11) is 1.82. The van der Waals surface area contributed by atoms with Gasteiger partial charge in [-0.2, -0.15) is 0 Å². The highest BCUT2D eigenvalue weighted by atomic mass is 127. The average molecular weight is 438 g/mol. The van der Waals surface area contributed by atoms with E-state index in [1.165, 1.54) is 37.0 Å². The zero-order valence-electron chi connectivity index (χ0n) is 14.3. The molecule has 4 nitrogen and oxygen atoms in total. The third kappa shape index (κ3) is 9.61. The number of aliphatic imine (C=N–C) groups is 1. The first kappa shape index (κ1) is 21.6. The maximum atomic E-state index is 4.25. The maximum absolute atomic E-state index is 4.25. The number of unbranched alkanes of at least 4 members (excludes halogenated alkanes) is 3. The molecule has 0 unspecified atom stereocenters. The molecule has 1 aromatic rings. The van der Waals surface area contributed by atoms with Crippen molar-refractivity contribution in [3.63, 3.8) is 0 Å². The third-order valence-corrected chi connectivity index (χ3v) is 4.42. The van der Waals surface area contributed by atoms with Gasteiger partial charge in [0, 0.05) is 18.5 Å². The first-order valence-electron chi connectivity index (χ1n) is 7.97. The minimum absolute atomic E-state index is 0. The van der Waals surface area contributed by atoms with E-state index < -0.39 is 0 Å². The molecule has 0 fully saturated rings. The van der Waals surface area contributed by atoms with E-state index in [0.717, 1.165) is 30.7 Å². The van der Waals surface area contributed by atoms with Crippen LogP contribution in [-0.4, -0.2) is 24.5 Å². The highest BCUT2D eigenvalue weighted by Crippen LogP contribution is 2.11. The van der Waals surface area contributed by atoms with E-state index in [1.807, 2.05) is 19.5 Å². The van der Waals surface area contributed by atoms with Gasteiger partial charge in [-0.25, -0.2) is 4.98 Å². The summed E-state index contributed by atoms with van der Waals surface area (Å²) in [6.07, 6.45) is 6.55. The number of aromatic nitrogens is 1. The molecule has 0 bridgehead atoms. The summed E-state index contributed by atoms with van der Waals surface area (Å²) in [6, 6.07) is 0. The summed E-state index contributed by atoms with van der Waals surface area (Å²) >= 11 is 1.69. The van der Waals surface area contributed by atoms with Crippen molar-refractivity contribution in [1.29, 1.82) is 0 Å². The number of hydrogen-bond donors (Lipinski definition) is 2. The van der Waals surface area contributed by atoms with Crippen LogP contribution in [0.2, 0.25) is 0 Å². The van der Waals surface area contributed by atoms with Gasteiger partial charge in [0.2, 0.25) is 0 Å². The van der Waals surface area contributed by atoms with Crippen LogP contribution in [0.1, 0.15) is 56.5 Å². The summed E-state index contributed by atoms with van der Waals surface area (Å²) < 4.78 is 0. The highest BCUT2D eigenvalue weighted by Gasteiger charge is 2.02. The second-order valence-corrected chi connectivity index (χ2v) is 6.75. The van der Waals surface area contributed by atoms with Crippen LogP contribution in [-0.2, 0) is 6.54 Å². The average Bonchev–Trinajstić information content (AvgIpc) is 2.86. The molecule has 2 N–H and O–H groups in total. The van der Waals surface area contributed by atoms with E-state index >= 15 is 0 Å². The van der Waals surface area contributed by atoms with Crippen molar-refractivity contribution in [2.24, 2.45) is 10.9 Å². The number of nitrogens with one attached hydrogen (secondary N) is 2. The van der Waals surface area contributed by atoms with Crippen LogP contribution >= 0.6 is 35.3 Å². The van der Waals surface area contributed by atoms with Gasteiger partial charge < -0.3 is 10.6 Å². The maximum Gasteiger partial charge on any atom is 0.191 e. The standard InChI is InChI=1S/C16H30N4S.HI/c1-13(2)9-7-5-6-8-10-18-16(17-4)19-11-15-14(3)20-12-21-15;/h12-13H,5-11H2,1-4H3,(H2,17,18,19);1H. The Labute approximate surface area is 156 Å². The van der Waals surface area contributed by atoms with Crippen molar-refractivity contribution < 1.29 is 0 Å². The van der Waals surface area contributed by atoms with Crippen molar-refractivity contribution in [3.05, 3.63) is 16.1 Å². The second kappa shape index (κ2) is 13.1. The number of guanidine groups is 1. The zero-order valence-corrected chi connectivity index (χ0v) is 17.5. The van der Waals surface area contributed by atoms with E-state index in [4.69, 9.17) is 0 Å². The first-order chi connectivity index (χ1) is 10.1. The van der Waals surface area contributed by atoms with Crippen molar-refractivity contribution in [2.75, 3.05) is 13.6 Å². The fraction of sp³-hybridized carbons (Fsp3) is 0.750. The molecule has 0 saturated carbocycles. The van der Waals surface area contributed by atoms with Crippen molar-refractivity contribution in [3.8, 4) is 0 Å². The molecule has 1 heterocycles. The van der Waals surface area contributed by atoms with Gasteiger partial charge in [-0.05, 0) is 19.3 Å². The van der Waals surface area contributed by atoms with Crippen LogP contribution in [0.15, 0.2) is 10.5 Å². The summed E-state index contributed by atoms with van der Waals surface area (Å²) in [5.41, 5.74) is 2.99. The zero-order chi connectivity index (χ0) is 15.5. The SMILES string of the molecule is CN=C(NCCCCCCC(C)C)NCc1scnc1C.I. The molecular formula is C16H31IN4S. The molecule has 0 aliphatic carbocycles. The van der Waals surface area contributed by atoms with Crippen molar-refractivity contribution in [1.82, 2.24) is 15.6 Å². The molecule has 1 aromatic heterocycles. The Kier molecular flexibility index (Phi) is 12.9. The monoisotopic (exact) mass is 438 g/mol. The predicted octanol–water partition coefficient (Wildman–Crippen LogP) is 4.34. The Morgan fingerprint density at radius 2 is 1.95 bits per heavy atom. The van der Waals surface area contributed by atoms with Crippen LogP contribution in [0.25, 0.3) is 0 Å².